The SMILES string of the molecule is Cc1cc(Cl)ccc1C1CN(Cc2ccccc2)CC1N. The molecule has 1 aliphatic heterocycles. The van der Waals surface area contributed by atoms with Gasteiger partial charge in [-0.3, -0.25) is 4.90 Å². The molecule has 0 radical (unpaired) electrons. The Morgan fingerprint density at radius 1 is 1.14 bits per heavy atom. The summed E-state index contributed by atoms with van der Waals surface area (Å²) < 4.78 is 0. The number of hydrogen-bond donors (Lipinski definition) is 1. The number of benzene rings is 2. The van der Waals surface area contributed by atoms with Crippen LogP contribution in [0.3, 0.4) is 0 Å². The van der Waals surface area contributed by atoms with Crippen molar-refractivity contribution in [1.82, 2.24) is 4.90 Å². The van der Waals surface area contributed by atoms with Gasteiger partial charge in [-0.05, 0) is 35.7 Å². The minimum Gasteiger partial charge on any atom is -0.326 e. The number of aryl methyl sites for hydroxylation is 1. The van der Waals surface area contributed by atoms with Gasteiger partial charge in [-0.15, -0.1) is 0 Å². The van der Waals surface area contributed by atoms with Gasteiger partial charge >= 0.3 is 0 Å². The lowest BCUT2D eigenvalue weighted by molar-refractivity contribution is 0.324. The lowest BCUT2D eigenvalue weighted by atomic mass is 9.91. The van der Waals surface area contributed by atoms with Crippen LogP contribution in [0.4, 0.5) is 0 Å². The molecule has 2 atom stereocenters. The summed E-state index contributed by atoms with van der Waals surface area (Å²) in [6, 6.07) is 16.9. The maximum absolute atomic E-state index is 6.39. The maximum atomic E-state index is 6.39. The van der Waals surface area contributed by atoms with E-state index in [-0.39, 0.29) is 6.04 Å². The van der Waals surface area contributed by atoms with Crippen molar-refractivity contribution in [1.29, 1.82) is 0 Å². The Kier molecular flexibility index (Phi) is 4.29. The molecule has 0 aromatic heterocycles. The lowest BCUT2D eigenvalue weighted by Gasteiger charge is -2.18. The molecule has 2 nitrogen and oxygen atoms in total. The van der Waals surface area contributed by atoms with E-state index in [1.807, 2.05) is 12.1 Å². The summed E-state index contributed by atoms with van der Waals surface area (Å²) in [6.45, 7) is 5.05. The zero-order valence-corrected chi connectivity index (χ0v) is 13.1. The fourth-order valence-electron chi connectivity index (χ4n) is 3.27. The average Bonchev–Trinajstić information content (AvgIpc) is 2.80. The highest BCUT2D eigenvalue weighted by Crippen LogP contribution is 2.30. The molecule has 21 heavy (non-hydrogen) atoms. The summed E-state index contributed by atoms with van der Waals surface area (Å²) in [5.74, 6) is 0.394. The molecule has 3 rings (SSSR count). The average molecular weight is 301 g/mol. The van der Waals surface area contributed by atoms with Crippen molar-refractivity contribution in [2.45, 2.75) is 25.4 Å². The molecule has 0 saturated carbocycles. The molecule has 3 heteroatoms. The minimum atomic E-state index is 0.189. The van der Waals surface area contributed by atoms with Gasteiger partial charge < -0.3 is 5.73 Å². The van der Waals surface area contributed by atoms with Crippen molar-refractivity contribution >= 4 is 11.6 Å². The first-order valence-electron chi connectivity index (χ1n) is 7.41. The van der Waals surface area contributed by atoms with E-state index in [1.54, 1.807) is 0 Å². The van der Waals surface area contributed by atoms with Crippen molar-refractivity contribution < 1.29 is 0 Å². The topological polar surface area (TPSA) is 29.3 Å². The number of hydrogen-bond acceptors (Lipinski definition) is 2. The summed E-state index contributed by atoms with van der Waals surface area (Å²) in [7, 11) is 0. The van der Waals surface area contributed by atoms with Gasteiger partial charge in [0.1, 0.15) is 0 Å². The first-order valence-corrected chi connectivity index (χ1v) is 7.79. The van der Waals surface area contributed by atoms with Crippen LogP contribution in [0.2, 0.25) is 5.02 Å². The van der Waals surface area contributed by atoms with Crippen molar-refractivity contribution in [2.24, 2.45) is 5.73 Å². The zero-order chi connectivity index (χ0) is 14.8. The van der Waals surface area contributed by atoms with Crippen LogP contribution in [0.15, 0.2) is 48.5 Å². The van der Waals surface area contributed by atoms with Crippen LogP contribution >= 0.6 is 11.6 Å². The van der Waals surface area contributed by atoms with Crippen LogP contribution in [-0.2, 0) is 6.54 Å². The molecule has 1 fully saturated rings. The second-order valence-corrected chi connectivity index (χ2v) is 6.39. The molecule has 1 aliphatic rings. The smallest absolute Gasteiger partial charge is 0.0408 e. The second kappa shape index (κ2) is 6.18. The van der Waals surface area contributed by atoms with Gasteiger partial charge in [0.15, 0.2) is 0 Å². The van der Waals surface area contributed by atoms with Crippen LogP contribution in [0.25, 0.3) is 0 Å². The number of halogens is 1. The third-order valence-corrected chi connectivity index (χ3v) is 4.56. The van der Waals surface area contributed by atoms with Gasteiger partial charge in [0.2, 0.25) is 0 Å². The Balaban J connectivity index is 1.74. The van der Waals surface area contributed by atoms with Crippen LogP contribution in [0.5, 0.6) is 0 Å². The van der Waals surface area contributed by atoms with Crippen molar-refractivity contribution in [3.05, 3.63) is 70.2 Å². The molecule has 110 valence electrons. The van der Waals surface area contributed by atoms with Gasteiger partial charge in [-0.2, -0.15) is 0 Å². The number of rotatable bonds is 3. The standard InChI is InChI=1S/C18H21ClN2/c1-13-9-15(19)7-8-16(13)17-11-21(12-18(17)20)10-14-5-3-2-4-6-14/h2-9,17-18H,10-12,20H2,1H3. The summed E-state index contributed by atoms with van der Waals surface area (Å²) in [6.07, 6.45) is 0. The van der Waals surface area contributed by atoms with Crippen LogP contribution in [0.1, 0.15) is 22.6 Å². The maximum Gasteiger partial charge on any atom is 0.0408 e. The molecule has 2 aromatic carbocycles. The fourth-order valence-corrected chi connectivity index (χ4v) is 3.49. The summed E-state index contributed by atoms with van der Waals surface area (Å²) in [5, 5.41) is 0.795. The molecule has 2 N–H and O–H groups in total. The van der Waals surface area contributed by atoms with E-state index in [2.05, 4.69) is 48.2 Å². The fraction of sp³-hybridized carbons (Fsp3) is 0.333. The van der Waals surface area contributed by atoms with E-state index in [1.165, 1.54) is 16.7 Å². The quantitative estimate of drug-likeness (QED) is 0.939. The summed E-state index contributed by atoms with van der Waals surface area (Å²) in [4.78, 5) is 2.44. The molecule has 2 aromatic rings. The largest absolute Gasteiger partial charge is 0.326 e. The predicted octanol–water partition coefficient (Wildman–Crippen LogP) is 3.58. The molecule has 0 amide bonds. The van der Waals surface area contributed by atoms with E-state index < -0.39 is 0 Å². The van der Waals surface area contributed by atoms with Gasteiger partial charge in [-0.1, -0.05) is 48.0 Å². The highest BCUT2D eigenvalue weighted by molar-refractivity contribution is 6.30. The predicted molar refractivity (Wildman–Crippen MR) is 88.6 cm³/mol. The van der Waals surface area contributed by atoms with E-state index in [0.717, 1.165) is 24.7 Å². The molecule has 1 heterocycles. The Bertz CT molecular complexity index is 612. The number of likely N-dealkylation sites (tertiary alicyclic amines) is 1. The van der Waals surface area contributed by atoms with Crippen molar-refractivity contribution in [3.63, 3.8) is 0 Å². The number of nitrogens with zero attached hydrogens (tertiary/aromatic N) is 1. The third kappa shape index (κ3) is 3.29. The van der Waals surface area contributed by atoms with E-state index in [4.69, 9.17) is 17.3 Å². The Hall–Kier alpha value is -1.35. The lowest BCUT2D eigenvalue weighted by Crippen LogP contribution is -2.28. The Labute approximate surface area is 131 Å². The van der Waals surface area contributed by atoms with Gasteiger partial charge in [-0.25, -0.2) is 0 Å². The first-order chi connectivity index (χ1) is 10.1. The van der Waals surface area contributed by atoms with Gasteiger partial charge in [0.05, 0.1) is 0 Å². The highest BCUT2D eigenvalue weighted by atomic mass is 35.5. The molecule has 1 saturated heterocycles. The molecule has 0 aliphatic carbocycles. The van der Waals surface area contributed by atoms with Gasteiger partial charge in [0, 0.05) is 36.6 Å². The molecular weight excluding hydrogens is 280 g/mol. The monoisotopic (exact) mass is 300 g/mol. The second-order valence-electron chi connectivity index (χ2n) is 5.95. The van der Waals surface area contributed by atoms with E-state index >= 15 is 0 Å². The Morgan fingerprint density at radius 3 is 2.62 bits per heavy atom. The Morgan fingerprint density at radius 2 is 1.90 bits per heavy atom. The van der Waals surface area contributed by atoms with Crippen LogP contribution in [0, 0.1) is 6.92 Å². The molecule has 0 bridgehead atoms. The molecule has 2 unspecified atom stereocenters. The highest BCUT2D eigenvalue weighted by Gasteiger charge is 2.31. The van der Waals surface area contributed by atoms with E-state index in [9.17, 15) is 0 Å². The van der Waals surface area contributed by atoms with Crippen LogP contribution < -0.4 is 5.73 Å². The molecular formula is C18H21ClN2. The third-order valence-electron chi connectivity index (χ3n) is 4.32. The summed E-state index contributed by atoms with van der Waals surface area (Å²) >= 11 is 6.05. The summed E-state index contributed by atoms with van der Waals surface area (Å²) in [5.41, 5.74) is 10.3. The van der Waals surface area contributed by atoms with E-state index in [0.29, 0.717) is 5.92 Å². The van der Waals surface area contributed by atoms with Crippen LogP contribution in [-0.4, -0.2) is 24.0 Å². The first kappa shape index (κ1) is 14.6. The normalized spacial score (nSPS) is 22.6. The zero-order valence-electron chi connectivity index (χ0n) is 12.3. The van der Waals surface area contributed by atoms with Gasteiger partial charge in [0.25, 0.3) is 0 Å². The van der Waals surface area contributed by atoms with Crippen molar-refractivity contribution in [2.75, 3.05) is 13.1 Å². The minimum absolute atomic E-state index is 0.189. The molecule has 0 spiro atoms. The van der Waals surface area contributed by atoms with Crippen molar-refractivity contribution in [3.8, 4) is 0 Å². The number of nitrogens with two attached hydrogens (primary N) is 1.